The van der Waals surface area contributed by atoms with Gasteiger partial charge < -0.3 is 9.72 Å². The molecule has 2 aromatic rings. The zero-order valence-corrected chi connectivity index (χ0v) is 13.5. The Bertz CT molecular complexity index is 784. The predicted octanol–water partition coefficient (Wildman–Crippen LogP) is 1.94. The van der Waals surface area contributed by atoms with Gasteiger partial charge in [0, 0.05) is 6.54 Å². The van der Waals surface area contributed by atoms with Crippen LogP contribution in [0.5, 0.6) is 0 Å². The molecule has 1 aromatic heterocycles. The highest BCUT2D eigenvalue weighted by molar-refractivity contribution is 5.93. The summed E-state index contributed by atoms with van der Waals surface area (Å²) in [4.78, 5) is 33.5. The molecule has 1 aromatic carbocycles. The maximum atomic E-state index is 12.2. The molecule has 0 amide bonds. The molecule has 1 atom stereocenters. The van der Waals surface area contributed by atoms with Gasteiger partial charge in [-0.15, -0.1) is 0 Å². The van der Waals surface area contributed by atoms with E-state index in [9.17, 15) is 9.59 Å². The van der Waals surface area contributed by atoms with E-state index < -0.39 is 5.97 Å². The van der Waals surface area contributed by atoms with E-state index in [1.165, 1.54) is 20.0 Å². The van der Waals surface area contributed by atoms with Crippen LogP contribution in [-0.4, -0.2) is 41.0 Å². The molecular weight excluding hydrogens is 294 g/mol. The number of carbonyl (C=O) groups is 1. The Morgan fingerprint density at radius 2 is 2.30 bits per heavy atom. The summed E-state index contributed by atoms with van der Waals surface area (Å²) in [7, 11) is 1.33. The molecule has 0 spiro atoms. The lowest BCUT2D eigenvalue weighted by Crippen LogP contribution is -2.34. The Morgan fingerprint density at radius 3 is 3.04 bits per heavy atom. The number of ether oxygens (including phenoxy) is 1. The number of hydrogen-bond acceptors (Lipinski definition) is 5. The zero-order chi connectivity index (χ0) is 16.4. The van der Waals surface area contributed by atoms with Gasteiger partial charge >= 0.3 is 5.97 Å². The van der Waals surface area contributed by atoms with Crippen LogP contribution in [0.3, 0.4) is 0 Å². The normalized spacial score (nSPS) is 19.0. The van der Waals surface area contributed by atoms with Crippen LogP contribution < -0.4 is 5.56 Å². The van der Waals surface area contributed by atoms with Gasteiger partial charge in [-0.25, -0.2) is 9.78 Å². The lowest BCUT2D eigenvalue weighted by molar-refractivity contribution is 0.0601. The summed E-state index contributed by atoms with van der Waals surface area (Å²) in [5, 5.41) is 0.480. The van der Waals surface area contributed by atoms with Gasteiger partial charge in [-0.2, -0.15) is 0 Å². The van der Waals surface area contributed by atoms with Crippen LogP contribution in [0, 0.1) is 5.92 Å². The quantitative estimate of drug-likeness (QED) is 0.876. The predicted molar refractivity (Wildman–Crippen MR) is 87.4 cm³/mol. The van der Waals surface area contributed by atoms with E-state index in [1.807, 2.05) is 0 Å². The van der Waals surface area contributed by atoms with Crippen LogP contribution >= 0.6 is 0 Å². The first-order chi connectivity index (χ1) is 11.1. The van der Waals surface area contributed by atoms with Crippen molar-refractivity contribution < 1.29 is 9.53 Å². The van der Waals surface area contributed by atoms with Gasteiger partial charge in [-0.05, 0) is 43.5 Å². The maximum absolute atomic E-state index is 12.2. The standard InChI is InChI=1S/C17H21N3O3/c1-11-4-3-7-20(9-11)10-15-18-14-8-12(17(22)23-2)5-6-13(14)16(21)19-15/h5-6,8,11H,3-4,7,9-10H2,1-2H3,(H,18,19,21)/t11-/m0/s1. The van der Waals surface area contributed by atoms with Gasteiger partial charge in [-0.3, -0.25) is 9.69 Å². The van der Waals surface area contributed by atoms with Crippen molar-refractivity contribution in [1.82, 2.24) is 14.9 Å². The summed E-state index contributed by atoms with van der Waals surface area (Å²) in [6.07, 6.45) is 2.42. The third kappa shape index (κ3) is 3.42. The molecule has 3 rings (SSSR count). The van der Waals surface area contributed by atoms with E-state index in [-0.39, 0.29) is 5.56 Å². The Balaban J connectivity index is 1.92. The highest BCUT2D eigenvalue weighted by atomic mass is 16.5. The molecule has 122 valence electrons. The monoisotopic (exact) mass is 315 g/mol. The molecule has 0 saturated carbocycles. The Kier molecular flexibility index (Phi) is 4.43. The first kappa shape index (κ1) is 15.7. The minimum Gasteiger partial charge on any atom is -0.465 e. The number of nitrogens with zero attached hydrogens (tertiary/aromatic N) is 2. The number of rotatable bonds is 3. The van der Waals surface area contributed by atoms with E-state index in [0.29, 0.717) is 34.8 Å². The molecule has 2 heterocycles. The number of aromatic nitrogens is 2. The molecule has 1 aliphatic rings. The maximum Gasteiger partial charge on any atom is 0.337 e. The molecule has 1 N–H and O–H groups in total. The van der Waals surface area contributed by atoms with Crippen LogP contribution in [0.4, 0.5) is 0 Å². The molecule has 6 heteroatoms. The third-order valence-corrected chi connectivity index (χ3v) is 4.29. The number of piperidine rings is 1. The highest BCUT2D eigenvalue weighted by Gasteiger charge is 2.17. The number of carbonyl (C=O) groups excluding carboxylic acids is 1. The number of benzene rings is 1. The van der Waals surface area contributed by atoms with Crippen molar-refractivity contribution in [3.05, 3.63) is 39.9 Å². The zero-order valence-electron chi connectivity index (χ0n) is 13.5. The molecule has 1 fully saturated rings. The minimum absolute atomic E-state index is 0.175. The largest absolute Gasteiger partial charge is 0.465 e. The topological polar surface area (TPSA) is 75.3 Å². The lowest BCUT2D eigenvalue weighted by atomic mass is 10.0. The fourth-order valence-corrected chi connectivity index (χ4v) is 3.15. The molecule has 1 aliphatic heterocycles. The number of fused-ring (bicyclic) bond motifs is 1. The molecule has 23 heavy (non-hydrogen) atoms. The van der Waals surface area contributed by atoms with E-state index >= 15 is 0 Å². The van der Waals surface area contributed by atoms with Crippen molar-refractivity contribution in [2.75, 3.05) is 20.2 Å². The summed E-state index contributed by atoms with van der Waals surface area (Å²) in [5.74, 6) is 0.876. The lowest BCUT2D eigenvalue weighted by Gasteiger charge is -2.30. The molecule has 0 unspecified atom stereocenters. The number of methoxy groups -OCH3 is 1. The van der Waals surface area contributed by atoms with Gasteiger partial charge in [0.2, 0.25) is 0 Å². The second-order valence-electron chi connectivity index (χ2n) is 6.22. The average Bonchev–Trinajstić information content (AvgIpc) is 2.53. The van der Waals surface area contributed by atoms with E-state index in [4.69, 9.17) is 4.74 Å². The Morgan fingerprint density at radius 1 is 1.48 bits per heavy atom. The van der Waals surface area contributed by atoms with Crippen molar-refractivity contribution in [3.8, 4) is 0 Å². The van der Waals surface area contributed by atoms with Crippen molar-refractivity contribution in [2.45, 2.75) is 26.3 Å². The molecule has 0 bridgehead atoms. The summed E-state index contributed by atoms with van der Waals surface area (Å²) in [5.41, 5.74) is 0.749. The van der Waals surface area contributed by atoms with Crippen molar-refractivity contribution in [3.63, 3.8) is 0 Å². The second-order valence-corrected chi connectivity index (χ2v) is 6.22. The fourth-order valence-electron chi connectivity index (χ4n) is 3.15. The molecule has 0 radical (unpaired) electrons. The number of esters is 1. The molecular formula is C17H21N3O3. The van der Waals surface area contributed by atoms with Crippen LogP contribution in [0.1, 0.15) is 35.9 Å². The van der Waals surface area contributed by atoms with Crippen molar-refractivity contribution in [1.29, 1.82) is 0 Å². The van der Waals surface area contributed by atoms with Crippen molar-refractivity contribution >= 4 is 16.9 Å². The van der Waals surface area contributed by atoms with Gasteiger partial charge in [0.25, 0.3) is 5.56 Å². The van der Waals surface area contributed by atoms with Crippen LogP contribution in [0.25, 0.3) is 10.9 Å². The fraction of sp³-hybridized carbons (Fsp3) is 0.471. The number of H-pyrrole nitrogens is 1. The molecule has 6 nitrogen and oxygen atoms in total. The summed E-state index contributed by atoms with van der Waals surface area (Å²) < 4.78 is 4.72. The van der Waals surface area contributed by atoms with Gasteiger partial charge in [0.05, 0.1) is 30.1 Å². The minimum atomic E-state index is -0.430. The third-order valence-electron chi connectivity index (χ3n) is 4.29. The molecule has 1 saturated heterocycles. The van der Waals surface area contributed by atoms with E-state index in [2.05, 4.69) is 21.8 Å². The SMILES string of the molecule is COC(=O)c1ccc2c(=O)[nH]c(CN3CCC[C@H](C)C3)nc2c1. The number of likely N-dealkylation sites (tertiary alicyclic amines) is 1. The number of hydrogen-bond donors (Lipinski definition) is 1. The second kappa shape index (κ2) is 6.50. The van der Waals surface area contributed by atoms with Gasteiger partial charge in [-0.1, -0.05) is 6.92 Å². The molecule has 0 aliphatic carbocycles. The van der Waals surface area contributed by atoms with Gasteiger partial charge in [0.15, 0.2) is 0 Å². The van der Waals surface area contributed by atoms with E-state index in [0.717, 1.165) is 13.1 Å². The van der Waals surface area contributed by atoms with Crippen LogP contribution in [-0.2, 0) is 11.3 Å². The highest BCUT2D eigenvalue weighted by Crippen LogP contribution is 2.17. The van der Waals surface area contributed by atoms with Crippen molar-refractivity contribution in [2.24, 2.45) is 5.92 Å². The average molecular weight is 315 g/mol. The first-order valence-corrected chi connectivity index (χ1v) is 7.90. The Hall–Kier alpha value is -2.21. The summed E-state index contributed by atoms with van der Waals surface area (Å²) in [6, 6.07) is 4.80. The summed E-state index contributed by atoms with van der Waals surface area (Å²) in [6.45, 7) is 4.90. The van der Waals surface area contributed by atoms with Gasteiger partial charge in [0.1, 0.15) is 5.82 Å². The number of aromatic amines is 1. The smallest absolute Gasteiger partial charge is 0.337 e. The summed E-state index contributed by atoms with van der Waals surface area (Å²) >= 11 is 0. The van der Waals surface area contributed by atoms with Crippen LogP contribution in [0.15, 0.2) is 23.0 Å². The Labute approximate surface area is 134 Å². The number of nitrogens with one attached hydrogen (secondary N) is 1. The van der Waals surface area contributed by atoms with E-state index in [1.54, 1.807) is 18.2 Å². The van der Waals surface area contributed by atoms with Crippen LogP contribution in [0.2, 0.25) is 0 Å². The first-order valence-electron chi connectivity index (χ1n) is 7.90.